The summed E-state index contributed by atoms with van der Waals surface area (Å²) in [7, 11) is 4.72. The summed E-state index contributed by atoms with van der Waals surface area (Å²) in [5.41, 5.74) is 6.97. The van der Waals surface area contributed by atoms with Gasteiger partial charge in [-0.05, 0) is 12.1 Å². The second-order valence-corrected chi connectivity index (χ2v) is 4.04. The summed E-state index contributed by atoms with van der Waals surface area (Å²) in [5, 5.41) is 8.14. The van der Waals surface area contributed by atoms with Crippen molar-refractivity contribution < 1.29 is 14.2 Å². The maximum atomic E-state index is 5.50. The molecule has 0 aliphatic rings. The lowest BCUT2D eigenvalue weighted by Gasteiger charge is -2.14. The smallest absolute Gasteiger partial charge is 0.203 e. The fourth-order valence-electron chi connectivity index (χ4n) is 1.97. The lowest BCUT2D eigenvalue weighted by molar-refractivity contribution is 0.325. The zero-order valence-electron chi connectivity index (χ0n) is 11.8. The fourth-order valence-corrected chi connectivity index (χ4v) is 1.97. The molecule has 7 nitrogen and oxygen atoms in total. The third-order valence-electron chi connectivity index (χ3n) is 2.88. The molecule has 0 saturated carbocycles. The van der Waals surface area contributed by atoms with E-state index < -0.39 is 0 Å². The van der Waals surface area contributed by atoms with Gasteiger partial charge < -0.3 is 19.9 Å². The minimum Gasteiger partial charge on any atom is -0.493 e. The fraction of sp³-hybridized carbons (Fsp3) is 0.385. The average Bonchev–Trinajstić information content (AvgIpc) is 2.94. The van der Waals surface area contributed by atoms with E-state index in [1.54, 1.807) is 32.1 Å². The Hall–Kier alpha value is -2.28. The Labute approximate surface area is 117 Å². The zero-order valence-corrected chi connectivity index (χ0v) is 11.8. The first-order valence-electron chi connectivity index (χ1n) is 6.14. The molecule has 0 radical (unpaired) electrons. The minimum atomic E-state index is 0.506. The molecule has 0 aliphatic heterocycles. The van der Waals surface area contributed by atoms with Gasteiger partial charge in [0.2, 0.25) is 5.75 Å². The quantitative estimate of drug-likeness (QED) is 0.846. The van der Waals surface area contributed by atoms with Crippen LogP contribution in [0.4, 0.5) is 0 Å². The number of ether oxygens (including phenoxy) is 3. The molecule has 1 aromatic heterocycles. The van der Waals surface area contributed by atoms with Gasteiger partial charge in [-0.2, -0.15) is 0 Å². The molecule has 0 amide bonds. The Kier molecular flexibility index (Phi) is 4.41. The van der Waals surface area contributed by atoms with E-state index in [1.165, 1.54) is 0 Å². The highest BCUT2D eigenvalue weighted by molar-refractivity contribution is 5.73. The van der Waals surface area contributed by atoms with E-state index in [9.17, 15) is 0 Å². The number of benzene rings is 1. The second-order valence-electron chi connectivity index (χ2n) is 4.04. The van der Waals surface area contributed by atoms with Crippen LogP contribution in [0.25, 0.3) is 11.3 Å². The molecule has 0 saturated heterocycles. The third kappa shape index (κ3) is 2.53. The van der Waals surface area contributed by atoms with Gasteiger partial charge in [0, 0.05) is 12.1 Å². The van der Waals surface area contributed by atoms with Crippen LogP contribution in [-0.4, -0.2) is 42.9 Å². The lowest BCUT2D eigenvalue weighted by Crippen LogP contribution is -2.10. The molecule has 1 aromatic carbocycles. The van der Waals surface area contributed by atoms with Gasteiger partial charge >= 0.3 is 0 Å². The van der Waals surface area contributed by atoms with Crippen molar-refractivity contribution in [2.45, 2.75) is 6.54 Å². The molecule has 108 valence electrons. The summed E-state index contributed by atoms with van der Waals surface area (Å²) in [5.74, 6) is 1.69. The van der Waals surface area contributed by atoms with Gasteiger partial charge in [0.25, 0.3) is 0 Å². The summed E-state index contributed by atoms with van der Waals surface area (Å²) in [6.07, 6.45) is 1.82. The van der Waals surface area contributed by atoms with Gasteiger partial charge in [0.15, 0.2) is 11.5 Å². The van der Waals surface area contributed by atoms with Gasteiger partial charge in [-0.1, -0.05) is 5.21 Å². The van der Waals surface area contributed by atoms with E-state index in [1.807, 2.05) is 12.3 Å². The highest BCUT2D eigenvalue weighted by atomic mass is 16.5. The maximum absolute atomic E-state index is 5.50. The summed E-state index contributed by atoms with van der Waals surface area (Å²) in [6, 6.07) is 3.66. The number of nitrogens with two attached hydrogens (primary N) is 1. The Morgan fingerprint density at radius 1 is 1.10 bits per heavy atom. The standard InChI is InChI=1S/C13H18N4O3/c1-18-11-5-4-9(12(19-2)13(11)20-3)10-8-17(7-6-14)16-15-10/h4-5,8H,6-7,14H2,1-3H3. The van der Waals surface area contributed by atoms with Crippen molar-refractivity contribution in [3.05, 3.63) is 18.3 Å². The molecule has 0 bridgehead atoms. The van der Waals surface area contributed by atoms with Crippen molar-refractivity contribution in [2.75, 3.05) is 27.9 Å². The minimum absolute atomic E-state index is 0.506. The van der Waals surface area contributed by atoms with Crippen molar-refractivity contribution >= 4 is 0 Å². The maximum Gasteiger partial charge on any atom is 0.203 e. The molecule has 2 aromatic rings. The van der Waals surface area contributed by atoms with Gasteiger partial charge in [-0.25, -0.2) is 0 Å². The molecule has 0 spiro atoms. The van der Waals surface area contributed by atoms with E-state index in [0.29, 0.717) is 36.0 Å². The van der Waals surface area contributed by atoms with Gasteiger partial charge in [0.05, 0.1) is 34.1 Å². The number of hydrogen-bond donors (Lipinski definition) is 1. The van der Waals surface area contributed by atoms with Crippen molar-refractivity contribution in [2.24, 2.45) is 5.73 Å². The Bertz CT molecular complexity index is 583. The van der Waals surface area contributed by atoms with Crippen LogP contribution in [0, 0.1) is 0 Å². The molecule has 20 heavy (non-hydrogen) atoms. The molecule has 2 rings (SSSR count). The Morgan fingerprint density at radius 3 is 2.45 bits per heavy atom. The molecular formula is C13H18N4O3. The first-order chi connectivity index (χ1) is 9.74. The SMILES string of the molecule is COc1ccc(-c2cn(CCN)nn2)c(OC)c1OC. The molecular weight excluding hydrogens is 260 g/mol. The topological polar surface area (TPSA) is 84.4 Å². The highest BCUT2D eigenvalue weighted by Gasteiger charge is 2.18. The monoisotopic (exact) mass is 278 g/mol. The Morgan fingerprint density at radius 2 is 1.85 bits per heavy atom. The molecule has 2 N–H and O–H groups in total. The van der Waals surface area contributed by atoms with E-state index in [2.05, 4.69) is 10.3 Å². The van der Waals surface area contributed by atoms with Crippen LogP contribution in [-0.2, 0) is 6.54 Å². The predicted octanol–water partition coefficient (Wildman–Crippen LogP) is 0.930. The first-order valence-corrected chi connectivity index (χ1v) is 6.14. The largest absolute Gasteiger partial charge is 0.493 e. The van der Waals surface area contributed by atoms with E-state index in [4.69, 9.17) is 19.9 Å². The van der Waals surface area contributed by atoms with Crippen molar-refractivity contribution in [1.29, 1.82) is 0 Å². The molecule has 0 aliphatic carbocycles. The average molecular weight is 278 g/mol. The van der Waals surface area contributed by atoms with Crippen molar-refractivity contribution in [3.63, 3.8) is 0 Å². The zero-order chi connectivity index (χ0) is 14.5. The van der Waals surface area contributed by atoms with E-state index in [0.717, 1.165) is 5.56 Å². The number of hydrogen-bond acceptors (Lipinski definition) is 6. The van der Waals surface area contributed by atoms with Gasteiger partial charge in [0.1, 0.15) is 5.69 Å². The molecule has 0 fully saturated rings. The molecule has 7 heteroatoms. The second kappa shape index (κ2) is 6.25. The Balaban J connectivity index is 2.49. The van der Waals surface area contributed by atoms with Gasteiger partial charge in [-0.3, -0.25) is 4.68 Å². The third-order valence-corrected chi connectivity index (χ3v) is 2.88. The number of aromatic nitrogens is 3. The van der Waals surface area contributed by atoms with Crippen LogP contribution in [0.5, 0.6) is 17.2 Å². The summed E-state index contributed by atoms with van der Waals surface area (Å²) < 4.78 is 17.7. The molecule has 1 heterocycles. The summed E-state index contributed by atoms with van der Waals surface area (Å²) in [6.45, 7) is 1.12. The number of rotatable bonds is 6. The van der Waals surface area contributed by atoms with Crippen LogP contribution in [0.1, 0.15) is 0 Å². The highest BCUT2D eigenvalue weighted by Crippen LogP contribution is 2.43. The lowest BCUT2D eigenvalue weighted by atomic mass is 10.1. The number of nitrogens with zero attached hydrogens (tertiary/aromatic N) is 3. The van der Waals surface area contributed by atoms with Crippen molar-refractivity contribution in [1.82, 2.24) is 15.0 Å². The molecule has 0 atom stereocenters. The van der Waals surface area contributed by atoms with E-state index >= 15 is 0 Å². The van der Waals surface area contributed by atoms with Crippen molar-refractivity contribution in [3.8, 4) is 28.5 Å². The summed E-state index contributed by atoms with van der Waals surface area (Å²) >= 11 is 0. The summed E-state index contributed by atoms with van der Waals surface area (Å²) in [4.78, 5) is 0. The normalized spacial score (nSPS) is 10.4. The van der Waals surface area contributed by atoms with Gasteiger partial charge in [-0.15, -0.1) is 5.10 Å². The first kappa shape index (κ1) is 14.1. The molecule has 0 unspecified atom stereocenters. The van der Waals surface area contributed by atoms with E-state index in [-0.39, 0.29) is 0 Å². The van der Waals surface area contributed by atoms with Crippen LogP contribution >= 0.6 is 0 Å². The predicted molar refractivity (Wildman–Crippen MR) is 74.2 cm³/mol. The van der Waals surface area contributed by atoms with Crippen LogP contribution in [0.3, 0.4) is 0 Å². The number of methoxy groups -OCH3 is 3. The van der Waals surface area contributed by atoms with Crippen LogP contribution in [0.2, 0.25) is 0 Å². The van der Waals surface area contributed by atoms with Crippen LogP contribution < -0.4 is 19.9 Å². The van der Waals surface area contributed by atoms with Crippen LogP contribution in [0.15, 0.2) is 18.3 Å².